The molecule has 4 atom stereocenters. The fourth-order valence-corrected chi connectivity index (χ4v) is 4.46. The minimum atomic E-state index is -0.819. The number of rotatable bonds is 2. The Balaban J connectivity index is 1.87. The highest BCUT2D eigenvalue weighted by atomic mass is 16.4. The van der Waals surface area contributed by atoms with E-state index in [1.54, 1.807) is 11.4 Å². The Morgan fingerprint density at radius 2 is 1.96 bits per heavy atom. The minimum absolute atomic E-state index is 0.0132. The normalized spacial score (nSPS) is 26.8. The topological polar surface area (TPSA) is 97.5 Å². The van der Waals surface area contributed by atoms with E-state index in [2.05, 4.69) is 16.2 Å². The average Bonchev–Trinajstić information content (AvgIpc) is 3.23. The highest BCUT2D eigenvalue weighted by Crippen LogP contribution is 2.52. The second-order valence-corrected chi connectivity index (χ2v) is 7.06. The molecular weight excluding hydrogens is 332 g/mol. The summed E-state index contributed by atoms with van der Waals surface area (Å²) in [5.74, 6) is -0.952. The molecule has 2 bridgehead atoms. The van der Waals surface area contributed by atoms with Gasteiger partial charge in [-0.25, -0.2) is 4.98 Å². The zero-order chi connectivity index (χ0) is 18.0. The van der Waals surface area contributed by atoms with Gasteiger partial charge in [-0.3, -0.25) is 9.59 Å². The lowest BCUT2D eigenvalue weighted by Crippen LogP contribution is -2.29. The SMILES string of the molecule is Cc1nn2c(C3C4C=CC(C4)C3C(=O)O)nc3ccccc3c2nc1=O. The molecule has 1 saturated carbocycles. The molecule has 0 radical (unpaired) electrons. The van der Waals surface area contributed by atoms with Crippen LogP contribution in [0.4, 0.5) is 0 Å². The van der Waals surface area contributed by atoms with Crippen LogP contribution in [0, 0.1) is 24.7 Å². The molecule has 1 fully saturated rings. The zero-order valence-electron chi connectivity index (χ0n) is 14.0. The van der Waals surface area contributed by atoms with Crippen LogP contribution in [0.15, 0.2) is 41.2 Å². The first kappa shape index (κ1) is 15.2. The predicted molar refractivity (Wildman–Crippen MR) is 93.9 cm³/mol. The van der Waals surface area contributed by atoms with Crippen LogP contribution in [0.3, 0.4) is 0 Å². The second kappa shape index (κ2) is 5.20. The molecule has 26 heavy (non-hydrogen) atoms. The molecule has 130 valence electrons. The van der Waals surface area contributed by atoms with Gasteiger partial charge in [0.05, 0.1) is 11.4 Å². The van der Waals surface area contributed by atoms with Crippen LogP contribution in [0.25, 0.3) is 16.6 Å². The van der Waals surface area contributed by atoms with Gasteiger partial charge in [-0.2, -0.15) is 14.6 Å². The Hall–Kier alpha value is -3.09. The van der Waals surface area contributed by atoms with Gasteiger partial charge in [0.2, 0.25) is 0 Å². The molecule has 2 aromatic heterocycles. The summed E-state index contributed by atoms with van der Waals surface area (Å²) in [6, 6.07) is 7.42. The molecule has 7 nitrogen and oxygen atoms in total. The van der Waals surface area contributed by atoms with Crippen molar-refractivity contribution in [3.63, 3.8) is 0 Å². The van der Waals surface area contributed by atoms with Crippen LogP contribution in [0.2, 0.25) is 0 Å². The van der Waals surface area contributed by atoms with Crippen LogP contribution in [0.1, 0.15) is 23.9 Å². The van der Waals surface area contributed by atoms with E-state index in [1.807, 2.05) is 30.3 Å². The van der Waals surface area contributed by atoms with Crippen LogP contribution in [0.5, 0.6) is 0 Å². The third-order valence-corrected chi connectivity index (χ3v) is 5.61. The second-order valence-electron chi connectivity index (χ2n) is 7.06. The van der Waals surface area contributed by atoms with Gasteiger partial charge in [-0.15, -0.1) is 0 Å². The van der Waals surface area contributed by atoms with Gasteiger partial charge >= 0.3 is 5.97 Å². The number of hydrogen-bond donors (Lipinski definition) is 1. The largest absolute Gasteiger partial charge is 0.481 e. The summed E-state index contributed by atoms with van der Waals surface area (Å²) in [6.07, 6.45) is 4.89. The molecule has 3 aromatic rings. The number of aliphatic carboxylic acids is 1. The smallest absolute Gasteiger partial charge is 0.307 e. The number of carbonyl (C=O) groups is 1. The summed E-state index contributed by atoms with van der Waals surface area (Å²) in [5, 5.41) is 14.9. The summed E-state index contributed by atoms with van der Waals surface area (Å²) in [7, 11) is 0. The Kier molecular flexibility index (Phi) is 3.04. The summed E-state index contributed by atoms with van der Waals surface area (Å²) >= 11 is 0. The van der Waals surface area contributed by atoms with Crippen LogP contribution < -0.4 is 5.56 Å². The van der Waals surface area contributed by atoms with Crippen molar-refractivity contribution in [2.75, 3.05) is 0 Å². The fourth-order valence-electron chi connectivity index (χ4n) is 4.46. The van der Waals surface area contributed by atoms with Gasteiger partial charge in [-0.1, -0.05) is 24.3 Å². The number of benzene rings is 1. The van der Waals surface area contributed by atoms with E-state index in [4.69, 9.17) is 4.98 Å². The molecule has 5 rings (SSSR count). The number of fused-ring (bicyclic) bond motifs is 5. The molecule has 0 aliphatic heterocycles. The number of nitrogens with zero attached hydrogens (tertiary/aromatic N) is 4. The van der Waals surface area contributed by atoms with Crippen molar-refractivity contribution in [3.8, 4) is 0 Å². The van der Waals surface area contributed by atoms with Crippen molar-refractivity contribution in [1.82, 2.24) is 19.6 Å². The van der Waals surface area contributed by atoms with Crippen molar-refractivity contribution in [3.05, 3.63) is 58.3 Å². The highest BCUT2D eigenvalue weighted by molar-refractivity contribution is 5.91. The van der Waals surface area contributed by atoms with Crippen LogP contribution in [-0.2, 0) is 4.79 Å². The molecule has 2 aliphatic rings. The van der Waals surface area contributed by atoms with Gasteiger partial charge in [0.15, 0.2) is 5.65 Å². The Labute approximate surface area is 148 Å². The zero-order valence-corrected chi connectivity index (χ0v) is 14.0. The van der Waals surface area contributed by atoms with E-state index < -0.39 is 11.9 Å². The van der Waals surface area contributed by atoms with Gasteiger partial charge in [-0.05, 0) is 37.3 Å². The van der Waals surface area contributed by atoms with Crippen molar-refractivity contribution in [1.29, 1.82) is 0 Å². The molecule has 0 saturated heterocycles. The van der Waals surface area contributed by atoms with Crippen LogP contribution >= 0.6 is 0 Å². The molecule has 4 unspecified atom stereocenters. The van der Waals surface area contributed by atoms with E-state index in [1.165, 1.54) is 0 Å². The van der Waals surface area contributed by atoms with E-state index in [9.17, 15) is 14.7 Å². The predicted octanol–water partition coefficient (Wildman–Crippen LogP) is 1.94. The Morgan fingerprint density at radius 1 is 1.19 bits per heavy atom. The van der Waals surface area contributed by atoms with Crippen molar-refractivity contribution < 1.29 is 9.90 Å². The molecule has 0 spiro atoms. The summed E-state index contributed by atoms with van der Waals surface area (Å²) in [6.45, 7) is 1.61. The van der Waals surface area contributed by atoms with Crippen LogP contribution in [-0.4, -0.2) is 30.7 Å². The number of aryl methyl sites for hydroxylation is 1. The molecule has 0 amide bonds. The van der Waals surface area contributed by atoms with Crippen molar-refractivity contribution >= 4 is 22.5 Å². The number of carboxylic acids is 1. The first-order valence-corrected chi connectivity index (χ1v) is 8.62. The number of hydrogen-bond acceptors (Lipinski definition) is 5. The molecule has 1 aromatic carbocycles. The van der Waals surface area contributed by atoms with Gasteiger partial charge in [0.1, 0.15) is 11.5 Å². The van der Waals surface area contributed by atoms with Crippen molar-refractivity contribution in [2.24, 2.45) is 17.8 Å². The average molecular weight is 348 g/mol. The quantitative estimate of drug-likeness (QED) is 0.561. The van der Waals surface area contributed by atoms with Gasteiger partial charge < -0.3 is 5.11 Å². The third kappa shape index (κ3) is 1.97. The fraction of sp³-hybridized carbons (Fsp3) is 0.316. The summed E-state index contributed by atoms with van der Waals surface area (Å²) < 4.78 is 1.58. The summed E-state index contributed by atoms with van der Waals surface area (Å²) in [5.41, 5.74) is 1.01. The number of aromatic nitrogens is 4. The van der Waals surface area contributed by atoms with E-state index in [-0.39, 0.29) is 29.0 Å². The maximum atomic E-state index is 12.1. The van der Waals surface area contributed by atoms with Gasteiger partial charge in [0.25, 0.3) is 5.56 Å². The van der Waals surface area contributed by atoms with E-state index in [0.29, 0.717) is 17.0 Å². The standard InChI is InChI=1S/C19H16N4O3/c1-9-18(24)21-16-12-4-2-3-5-13(12)20-17(23(16)22-9)14-10-6-7-11(8-10)15(14)19(25)26/h2-7,10-11,14-15H,8H2,1H3,(H,25,26). The Morgan fingerprint density at radius 3 is 2.77 bits per heavy atom. The summed E-state index contributed by atoms with van der Waals surface area (Å²) in [4.78, 5) is 33.0. The van der Waals surface area contributed by atoms with Gasteiger partial charge in [0, 0.05) is 11.3 Å². The first-order valence-electron chi connectivity index (χ1n) is 8.62. The number of carboxylic acid groups (broad SMARTS) is 1. The Bertz CT molecular complexity index is 1170. The maximum absolute atomic E-state index is 12.1. The van der Waals surface area contributed by atoms with E-state index >= 15 is 0 Å². The van der Waals surface area contributed by atoms with E-state index in [0.717, 1.165) is 11.8 Å². The molecule has 2 aliphatic carbocycles. The first-order chi connectivity index (χ1) is 12.5. The van der Waals surface area contributed by atoms with Crippen molar-refractivity contribution in [2.45, 2.75) is 19.3 Å². The molecule has 1 N–H and O–H groups in total. The lowest BCUT2D eigenvalue weighted by atomic mass is 9.82. The lowest BCUT2D eigenvalue weighted by molar-refractivity contribution is -0.143. The minimum Gasteiger partial charge on any atom is -0.481 e. The number of allylic oxidation sites excluding steroid dienone is 2. The lowest BCUT2D eigenvalue weighted by Gasteiger charge is -2.25. The molecule has 7 heteroatoms. The molecule has 2 heterocycles. The monoisotopic (exact) mass is 348 g/mol. The maximum Gasteiger partial charge on any atom is 0.307 e. The third-order valence-electron chi connectivity index (χ3n) is 5.61. The molecular formula is C19H16N4O3. The highest BCUT2D eigenvalue weighted by Gasteiger charge is 2.50. The number of para-hydroxylation sites is 1.